The topological polar surface area (TPSA) is 154 Å². The van der Waals surface area contributed by atoms with Crippen molar-refractivity contribution in [3.63, 3.8) is 0 Å². The van der Waals surface area contributed by atoms with Gasteiger partial charge in [0, 0.05) is 43.9 Å². The molecule has 0 bridgehead atoms. The van der Waals surface area contributed by atoms with E-state index in [1.165, 1.54) is 10.4 Å². The van der Waals surface area contributed by atoms with Gasteiger partial charge in [0.1, 0.15) is 12.4 Å². The molecule has 2 aromatic rings. The predicted octanol–water partition coefficient (Wildman–Crippen LogP) is 2.77. The summed E-state index contributed by atoms with van der Waals surface area (Å²) in [4.78, 5) is 32.5. The van der Waals surface area contributed by atoms with Crippen LogP contribution in [0, 0.1) is 16.0 Å². The van der Waals surface area contributed by atoms with E-state index in [4.69, 9.17) is 9.73 Å². The smallest absolute Gasteiger partial charge is 0.294 e. The Bertz CT molecular complexity index is 1450. The molecular formula is C27H36N4O8S. The Balaban J connectivity index is 1.62. The molecule has 218 valence electrons. The van der Waals surface area contributed by atoms with Gasteiger partial charge in [-0.2, -0.15) is 4.31 Å². The lowest BCUT2D eigenvalue weighted by atomic mass is 9.93. The molecule has 0 amide bonds. The second-order valence-electron chi connectivity index (χ2n) is 10.2. The summed E-state index contributed by atoms with van der Waals surface area (Å²) in [6, 6.07) is 4.72. The minimum Gasteiger partial charge on any atom is -0.493 e. The van der Waals surface area contributed by atoms with Gasteiger partial charge < -0.3 is 19.2 Å². The van der Waals surface area contributed by atoms with Crippen LogP contribution >= 0.6 is 0 Å². The maximum absolute atomic E-state index is 13.6. The third kappa shape index (κ3) is 6.21. The third-order valence-electron chi connectivity index (χ3n) is 7.38. The second-order valence-corrected chi connectivity index (χ2v) is 12.2. The van der Waals surface area contributed by atoms with E-state index < -0.39 is 27.8 Å². The number of benzene rings is 1. The highest BCUT2D eigenvalue weighted by Crippen LogP contribution is 2.35. The quantitative estimate of drug-likeness (QED) is 0.299. The molecule has 1 N–H and O–H groups in total. The van der Waals surface area contributed by atoms with Crippen LogP contribution in [0.3, 0.4) is 0 Å². The van der Waals surface area contributed by atoms with Crippen molar-refractivity contribution >= 4 is 21.4 Å². The van der Waals surface area contributed by atoms with Crippen LogP contribution in [0.1, 0.15) is 56.2 Å². The summed E-state index contributed by atoms with van der Waals surface area (Å²) in [7, 11) is -2.17. The molecule has 2 aliphatic heterocycles. The molecule has 40 heavy (non-hydrogen) atoms. The molecular weight excluding hydrogens is 540 g/mol. The predicted molar refractivity (Wildman–Crippen MR) is 148 cm³/mol. The molecule has 1 fully saturated rings. The second kappa shape index (κ2) is 12.5. The van der Waals surface area contributed by atoms with Crippen LogP contribution in [0.15, 0.2) is 39.1 Å². The highest BCUT2D eigenvalue weighted by atomic mass is 32.2. The number of pyridine rings is 1. The molecule has 1 aromatic carbocycles. The SMILES string of the molecule is CCCOc1ccc(S(=O)(=O)N2CCC([C@@H](O)CO[N+](=O)[O-])CC2)cc1C1=Nc2c(CCC)cn(C)c(=O)c2C1. The first kappa shape index (κ1) is 29.7. The number of hydrogen-bond donors (Lipinski definition) is 1. The van der Waals surface area contributed by atoms with Crippen LogP contribution < -0.4 is 10.3 Å². The van der Waals surface area contributed by atoms with Gasteiger partial charge in [0.15, 0.2) is 0 Å². The zero-order valence-electron chi connectivity index (χ0n) is 23.0. The number of ether oxygens (including phenoxy) is 1. The number of sulfonamides is 1. The first-order valence-electron chi connectivity index (χ1n) is 13.6. The van der Waals surface area contributed by atoms with Crippen molar-refractivity contribution < 1.29 is 28.2 Å². The lowest BCUT2D eigenvalue weighted by Gasteiger charge is -2.33. The Hall–Kier alpha value is -3.29. The number of aliphatic imine (C=N–C) groups is 1. The summed E-state index contributed by atoms with van der Waals surface area (Å²) >= 11 is 0. The minimum absolute atomic E-state index is 0.0855. The number of aromatic nitrogens is 1. The maximum Gasteiger partial charge on any atom is 0.294 e. The van der Waals surface area contributed by atoms with Gasteiger partial charge in [-0.3, -0.25) is 9.79 Å². The van der Waals surface area contributed by atoms with Gasteiger partial charge in [-0.05, 0) is 55.4 Å². The van der Waals surface area contributed by atoms with E-state index in [2.05, 4.69) is 11.8 Å². The van der Waals surface area contributed by atoms with E-state index in [1.54, 1.807) is 23.7 Å². The number of hydrogen-bond acceptors (Lipinski definition) is 9. The summed E-state index contributed by atoms with van der Waals surface area (Å²) in [6.07, 6.45) is 4.16. The van der Waals surface area contributed by atoms with Crippen molar-refractivity contribution in [1.82, 2.24) is 8.87 Å². The molecule has 0 saturated carbocycles. The molecule has 1 saturated heterocycles. The Morgan fingerprint density at radius 2 is 1.95 bits per heavy atom. The van der Waals surface area contributed by atoms with Crippen molar-refractivity contribution in [2.45, 2.75) is 63.4 Å². The Kier molecular flexibility index (Phi) is 9.26. The number of aliphatic hydroxyl groups excluding tert-OH is 1. The highest BCUT2D eigenvalue weighted by molar-refractivity contribution is 7.89. The lowest BCUT2D eigenvalue weighted by molar-refractivity contribution is -0.759. The summed E-state index contributed by atoms with van der Waals surface area (Å²) in [6.45, 7) is 4.36. The molecule has 4 rings (SSSR count). The monoisotopic (exact) mass is 576 g/mol. The van der Waals surface area contributed by atoms with Crippen LogP contribution in [0.2, 0.25) is 0 Å². The van der Waals surface area contributed by atoms with E-state index in [0.29, 0.717) is 47.7 Å². The van der Waals surface area contributed by atoms with Gasteiger partial charge >= 0.3 is 0 Å². The first-order valence-corrected chi connectivity index (χ1v) is 15.0. The fourth-order valence-corrected chi connectivity index (χ4v) is 6.76. The summed E-state index contributed by atoms with van der Waals surface area (Å²) in [5.41, 5.74) is 3.24. The van der Waals surface area contributed by atoms with Crippen molar-refractivity contribution in [1.29, 1.82) is 0 Å². The molecule has 0 spiro atoms. The number of rotatable bonds is 12. The van der Waals surface area contributed by atoms with E-state index in [-0.39, 0.29) is 35.9 Å². The summed E-state index contributed by atoms with van der Waals surface area (Å²) in [5, 5.41) is 19.7. The van der Waals surface area contributed by atoms with Crippen LogP contribution in [-0.2, 0) is 34.8 Å². The normalized spacial score (nSPS) is 16.9. The highest BCUT2D eigenvalue weighted by Gasteiger charge is 2.34. The number of nitrogens with zero attached hydrogens (tertiary/aromatic N) is 4. The zero-order chi connectivity index (χ0) is 29.0. The van der Waals surface area contributed by atoms with Gasteiger partial charge in [-0.15, -0.1) is 10.1 Å². The fourth-order valence-electron chi connectivity index (χ4n) is 5.27. The largest absolute Gasteiger partial charge is 0.493 e. The lowest BCUT2D eigenvalue weighted by Crippen LogP contribution is -2.42. The molecule has 3 heterocycles. The molecule has 0 radical (unpaired) electrons. The molecule has 13 heteroatoms. The minimum atomic E-state index is -3.89. The van der Waals surface area contributed by atoms with E-state index in [0.717, 1.165) is 24.8 Å². The average molecular weight is 577 g/mol. The number of fused-ring (bicyclic) bond motifs is 1. The number of aryl methyl sites for hydroxylation is 2. The van der Waals surface area contributed by atoms with Crippen LogP contribution in [-0.4, -0.2) is 65.6 Å². The maximum atomic E-state index is 13.6. The van der Waals surface area contributed by atoms with Crippen LogP contribution in [0.5, 0.6) is 5.75 Å². The Morgan fingerprint density at radius 3 is 2.60 bits per heavy atom. The van der Waals surface area contributed by atoms with Crippen molar-refractivity contribution in [2.75, 3.05) is 26.3 Å². The fraction of sp³-hybridized carbons (Fsp3) is 0.556. The van der Waals surface area contributed by atoms with Gasteiger partial charge in [0.25, 0.3) is 10.6 Å². The van der Waals surface area contributed by atoms with E-state index in [1.807, 2.05) is 13.1 Å². The Labute approximate surface area is 233 Å². The van der Waals surface area contributed by atoms with E-state index >= 15 is 0 Å². The van der Waals surface area contributed by atoms with Gasteiger partial charge in [-0.1, -0.05) is 20.3 Å². The number of aliphatic hydroxyl groups is 1. The molecule has 2 aliphatic rings. The molecule has 0 aliphatic carbocycles. The van der Waals surface area contributed by atoms with Crippen LogP contribution in [0.4, 0.5) is 5.69 Å². The van der Waals surface area contributed by atoms with E-state index in [9.17, 15) is 28.4 Å². The molecule has 1 aromatic heterocycles. The third-order valence-corrected chi connectivity index (χ3v) is 9.28. The van der Waals surface area contributed by atoms with Gasteiger partial charge in [0.2, 0.25) is 10.0 Å². The molecule has 12 nitrogen and oxygen atoms in total. The summed E-state index contributed by atoms with van der Waals surface area (Å²) < 4.78 is 36.2. The standard InChI is InChI=1S/C27H36N4O8S/c1-4-6-19-16-29(3)27(33)22-15-23(28-26(19)22)21-14-20(7-8-25(21)38-13-5-2)40(36,37)30-11-9-18(10-12-30)24(32)17-39-31(34)35/h7-8,14,16,18,24,32H,4-6,9-13,15,17H2,1-3H3/t24-/m0/s1. The van der Waals surface area contributed by atoms with Crippen molar-refractivity contribution in [3.05, 3.63) is 61.6 Å². The Morgan fingerprint density at radius 1 is 1.23 bits per heavy atom. The van der Waals surface area contributed by atoms with Crippen molar-refractivity contribution in [3.8, 4) is 5.75 Å². The average Bonchev–Trinajstić information content (AvgIpc) is 3.39. The number of piperidine rings is 1. The van der Waals surface area contributed by atoms with Crippen molar-refractivity contribution in [2.24, 2.45) is 18.0 Å². The van der Waals surface area contributed by atoms with Gasteiger partial charge in [-0.25, -0.2) is 8.42 Å². The molecule has 0 unspecified atom stereocenters. The molecule has 1 atom stereocenters. The summed E-state index contributed by atoms with van der Waals surface area (Å²) in [5.74, 6) is 0.201. The van der Waals surface area contributed by atoms with Gasteiger partial charge in [0.05, 0.1) is 29.0 Å². The zero-order valence-corrected chi connectivity index (χ0v) is 23.9. The van der Waals surface area contributed by atoms with Crippen LogP contribution in [0.25, 0.3) is 0 Å². The first-order chi connectivity index (χ1) is 19.1.